The van der Waals surface area contributed by atoms with E-state index in [-0.39, 0.29) is 22.6 Å². The monoisotopic (exact) mass is 435 g/mol. The predicted octanol–water partition coefficient (Wildman–Crippen LogP) is 5.36. The maximum atomic E-state index is 12.8. The zero-order chi connectivity index (χ0) is 22.5. The number of rotatable bonds is 6. The van der Waals surface area contributed by atoms with Crippen molar-refractivity contribution in [3.63, 3.8) is 0 Å². The van der Waals surface area contributed by atoms with Crippen LogP contribution in [0.3, 0.4) is 0 Å². The summed E-state index contributed by atoms with van der Waals surface area (Å²) in [6, 6.07) is 15.6. The molecule has 0 bridgehead atoms. The number of anilines is 1. The lowest BCUT2D eigenvalue weighted by Gasteiger charge is -2.33. The van der Waals surface area contributed by atoms with Gasteiger partial charge in [0.2, 0.25) is 0 Å². The highest BCUT2D eigenvalue weighted by Crippen LogP contribution is 2.33. The van der Waals surface area contributed by atoms with Crippen molar-refractivity contribution in [2.45, 2.75) is 57.9 Å². The third-order valence-electron chi connectivity index (χ3n) is 7.18. The molecule has 2 aromatic carbocycles. The number of hydrogen-bond acceptors (Lipinski definition) is 4. The third kappa shape index (κ3) is 5.29. The Morgan fingerprint density at radius 3 is 2.47 bits per heavy atom. The third-order valence-corrected chi connectivity index (χ3v) is 7.18. The number of hydrogen-bond donors (Lipinski definition) is 1. The molecule has 1 aliphatic heterocycles. The quantitative estimate of drug-likeness (QED) is 0.489. The van der Waals surface area contributed by atoms with Crippen molar-refractivity contribution >= 4 is 17.3 Å². The number of carbonyl (C=O) groups is 1. The average Bonchev–Trinajstić information content (AvgIpc) is 2.81. The van der Waals surface area contributed by atoms with E-state index >= 15 is 0 Å². The lowest BCUT2D eigenvalue weighted by atomic mass is 9.86. The molecular weight excluding hydrogens is 402 g/mol. The van der Waals surface area contributed by atoms with Crippen LogP contribution in [0.15, 0.2) is 48.5 Å². The summed E-state index contributed by atoms with van der Waals surface area (Å²) in [5.41, 5.74) is 2.36. The fraction of sp³-hybridized carbons (Fsp3) is 0.500. The van der Waals surface area contributed by atoms with Crippen LogP contribution >= 0.6 is 0 Å². The molecule has 1 saturated carbocycles. The van der Waals surface area contributed by atoms with Gasteiger partial charge in [-0.2, -0.15) is 0 Å². The van der Waals surface area contributed by atoms with E-state index in [2.05, 4.69) is 41.4 Å². The Labute approximate surface area is 190 Å². The molecule has 2 aromatic rings. The largest absolute Gasteiger partial charge is 0.366 e. The van der Waals surface area contributed by atoms with Crippen LogP contribution in [-0.2, 0) is 6.42 Å². The summed E-state index contributed by atoms with van der Waals surface area (Å²) in [7, 11) is 0. The van der Waals surface area contributed by atoms with Crippen LogP contribution in [-0.4, -0.2) is 30.0 Å². The summed E-state index contributed by atoms with van der Waals surface area (Å²) in [4.78, 5) is 26.4. The second-order valence-corrected chi connectivity index (χ2v) is 9.42. The van der Waals surface area contributed by atoms with E-state index in [1.54, 1.807) is 12.1 Å². The lowest BCUT2D eigenvalue weighted by Crippen LogP contribution is -2.41. The van der Waals surface area contributed by atoms with E-state index in [9.17, 15) is 14.9 Å². The maximum absolute atomic E-state index is 12.8. The van der Waals surface area contributed by atoms with Gasteiger partial charge in [0, 0.05) is 30.8 Å². The van der Waals surface area contributed by atoms with Gasteiger partial charge < -0.3 is 10.2 Å². The molecule has 6 nitrogen and oxygen atoms in total. The van der Waals surface area contributed by atoms with E-state index < -0.39 is 0 Å². The Morgan fingerprint density at radius 1 is 1.06 bits per heavy atom. The van der Waals surface area contributed by atoms with Gasteiger partial charge in [-0.05, 0) is 61.6 Å². The Balaban J connectivity index is 1.42. The number of nitrogens with zero attached hydrogens (tertiary/aromatic N) is 2. The minimum Gasteiger partial charge on any atom is -0.366 e. The summed E-state index contributed by atoms with van der Waals surface area (Å²) < 4.78 is 0. The normalized spacial score (nSPS) is 21.8. The second kappa shape index (κ2) is 10.2. The number of nitro benzene ring substituents is 1. The molecule has 0 aromatic heterocycles. The fourth-order valence-corrected chi connectivity index (χ4v) is 5.19. The molecule has 6 heteroatoms. The van der Waals surface area contributed by atoms with E-state index in [0.717, 1.165) is 51.6 Å². The fourth-order valence-electron chi connectivity index (χ4n) is 5.19. The molecule has 4 rings (SSSR count). The van der Waals surface area contributed by atoms with Crippen molar-refractivity contribution in [2.24, 2.45) is 11.8 Å². The van der Waals surface area contributed by atoms with Crippen LogP contribution in [0.5, 0.6) is 0 Å². The minimum atomic E-state index is -0.356. The Morgan fingerprint density at radius 2 is 1.78 bits per heavy atom. The molecule has 0 spiro atoms. The lowest BCUT2D eigenvalue weighted by molar-refractivity contribution is -0.384. The first-order chi connectivity index (χ1) is 15.5. The summed E-state index contributed by atoms with van der Waals surface area (Å²) in [6.07, 6.45) is 7.48. The van der Waals surface area contributed by atoms with Gasteiger partial charge in [-0.1, -0.05) is 50.1 Å². The minimum absolute atomic E-state index is 0.0239. The highest BCUT2D eigenvalue weighted by Gasteiger charge is 2.28. The van der Waals surface area contributed by atoms with Gasteiger partial charge in [-0.25, -0.2) is 0 Å². The molecule has 32 heavy (non-hydrogen) atoms. The summed E-state index contributed by atoms with van der Waals surface area (Å²) in [5, 5.41) is 14.9. The number of nitrogens with one attached hydrogen (secondary N) is 1. The van der Waals surface area contributed by atoms with E-state index in [4.69, 9.17) is 0 Å². The predicted molar refractivity (Wildman–Crippen MR) is 127 cm³/mol. The van der Waals surface area contributed by atoms with Gasteiger partial charge in [0.15, 0.2) is 0 Å². The molecule has 2 atom stereocenters. The highest BCUT2D eigenvalue weighted by molar-refractivity contribution is 5.96. The Kier molecular flexibility index (Phi) is 7.08. The summed E-state index contributed by atoms with van der Waals surface area (Å²) in [6.45, 7) is 3.75. The second-order valence-electron chi connectivity index (χ2n) is 9.42. The Hall–Kier alpha value is -2.89. The van der Waals surface area contributed by atoms with Gasteiger partial charge in [0.1, 0.15) is 5.69 Å². The van der Waals surface area contributed by atoms with Crippen molar-refractivity contribution in [3.8, 4) is 0 Å². The molecule has 1 N–H and O–H groups in total. The van der Waals surface area contributed by atoms with Crippen molar-refractivity contribution in [1.29, 1.82) is 0 Å². The maximum Gasteiger partial charge on any atom is 0.293 e. The molecule has 2 aliphatic rings. The van der Waals surface area contributed by atoms with Crippen LogP contribution in [0.25, 0.3) is 0 Å². The number of piperidine rings is 1. The molecule has 1 aliphatic carbocycles. The summed E-state index contributed by atoms with van der Waals surface area (Å²) >= 11 is 0. The first-order valence-corrected chi connectivity index (χ1v) is 11.9. The van der Waals surface area contributed by atoms with E-state index in [1.807, 2.05) is 6.07 Å². The highest BCUT2D eigenvalue weighted by atomic mass is 16.6. The van der Waals surface area contributed by atoms with Gasteiger partial charge in [0.25, 0.3) is 11.6 Å². The Bertz CT molecular complexity index is 939. The van der Waals surface area contributed by atoms with Crippen molar-refractivity contribution in [3.05, 3.63) is 69.8 Å². The topological polar surface area (TPSA) is 75.5 Å². The van der Waals surface area contributed by atoms with Gasteiger partial charge in [0.05, 0.1) is 4.92 Å². The van der Waals surface area contributed by atoms with Crippen LogP contribution in [0.4, 0.5) is 11.4 Å². The molecular formula is C26H33N3O3. The summed E-state index contributed by atoms with van der Waals surface area (Å²) in [5.74, 6) is 0.828. The van der Waals surface area contributed by atoms with Crippen LogP contribution < -0.4 is 10.2 Å². The van der Waals surface area contributed by atoms with Gasteiger partial charge >= 0.3 is 0 Å². The average molecular weight is 436 g/mol. The number of amides is 1. The molecule has 1 amide bonds. The van der Waals surface area contributed by atoms with Crippen molar-refractivity contribution < 1.29 is 9.72 Å². The molecule has 2 fully saturated rings. The first-order valence-electron chi connectivity index (χ1n) is 11.9. The zero-order valence-corrected chi connectivity index (χ0v) is 18.8. The van der Waals surface area contributed by atoms with E-state index in [0.29, 0.717) is 23.1 Å². The SMILES string of the molecule is C[C@H]1CCCC[C@H]1NC(=O)c1ccc(N2CCC(Cc3ccccc3)CC2)c([N+](=O)[O-])c1. The molecule has 0 radical (unpaired) electrons. The van der Waals surface area contributed by atoms with E-state index in [1.165, 1.54) is 18.1 Å². The van der Waals surface area contributed by atoms with Crippen LogP contribution in [0.1, 0.15) is 61.4 Å². The smallest absolute Gasteiger partial charge is 0.293 e. The first kappa shape index (κ1) is 22.3. The van der Waals surface area contributed by atoms with Crippen LogP contribution in [0, 0.1) is 22.0 Å². The van der Waals surface area contributed by atoms with Crippen molar-refractivity contribution in [1.82, 2.24) is 5.32 Å². The van der Waals surface area contributed by atoms with Crippen LogP contribution in [0.2, 0.25) is 0 Å². The molecule has 1 saturated heterocycles. The molecule has 1 heterocycles. The van der Waals surface area contributed by atoms with Gasteiger partial charge in [-0.15, -0.1) is 0 Å². The zero-order valence-electron chi connectivity index (χ0n) is 18.8. The molecule has 170 valence electrons. The number of nitro groups is 1. The molecule has 0 unspecified atom stereocenters. The number of benzene rings is 2. The standard InChI is InChI=1S/C26H33N3O3/c1-19-7-5-6-10-23(19)27-26(30)22-11-12-24(25(18-22)29(31)32)28-15-13-21(14-16-28)17-20-8-3-2-4-9-20/h2-4,8-9,11-12,18-19,21,23H,5-7,10,13-17H2,1H3,(H,27,30)/t19-,23+/m0/s1. The van der Waals surface area contributed by atoms with Crippen molar-refractivity contribution in [2.75, 3.05) is 18.0 Å². The van der Waals surface area contributed by atoms with Gasteiger partial charge in [-0.3, -0.25) is 14.9 Å². The number of carbonyl (C=O) groups excluding carboxylic acids is 1.